The van der Waals surface area contributed by atoms with Crippen molar-refractivity contribution in [3.05, 3.63) is 0 Å². The van der Waals surface area contributed by atoms with Gasteiger partial charge in [-0.05, 0) is 58.9 Å². The number of hydrogen-bond donors (Lipinski definition) is 1. The van der Waals surface area contributed by atoms with E-state index in [0.29, 0.717) is 12.6 Å². The Bertz CT molecular complexity index is 278. The number of carbonyl (C=O) groups is 1. The number of ether oxygens (including phenoxy) is 1. The van der Waals surface area contributed by atoms with Gasteiger partial charge in [0.05, 0.1) is 6.61 Å². The predicted molar refractivity (Wildman–Crippen MR) is 82.8 cm³/mol. The van der Waals surface area contributed by atoms with Crippen LogP contribution in [0.4, 0.5) is 0 Å². The van der Waals surface area contributed by atoms with Gasteiger partial charge in [-0.25, -0.2) is 0 Å². The van der Waals surface area contributed by atoms with Crippen molar-refractivity contribution in [2.75, 3.05) is 26.2 Å². The lowest BCUT2D eigenvalue weighted by Gasteiger charge is -2.28. The van der Waals surface area contributed by atoms with Gasteiger partial charge in [0.2, 0.25) is 0 Å². The predicted octanol–water partition coefficient (Wildman–Crippen LogP) is 2.43. The average Bonchev–Trinajstić information content (AvgIpc) is 3.21. The van der Waals surface area contributed by atoms with Gasteiger partial charge in [-0.1, -0.05) is 6.92 Å². The first-order valence-electron chi connectivity index (χ1n) is 8.22. The van der Waals surface area contributed by atoms with Crippen LogP contribution in [0.3, 0.4) is 0 Å². The summed E-state index contributed by atoms with van der Waals surface area (Å²) in [6.45, 7) is 11.9. The summed E-state index contributed by atoms with van der Waals surface area (Å²) < 4.78 is 5.17. The van der Waals surface area contributed by atoms with E-state index in [1.807, 2.05) is 6.92 Å². The van der Waals surface area contributed by atoms with Crippen molar-refractivity contribution in [2.45, 2.75) is 65.5 Å². The van der Waals surface area contributed by atoms with E-state index in [2.05, 4.69) is 31.0 Å². The Morgan fingerprint density at radius 1 is 1.35 bits per heavy atom. The molecule has 1 saturated carbocycles. The molecule has 1 N–H and O–H groups in total. The molecule has 0 aliphatic heterocycles. The zero-order chi connectivity index (χ0) is 15.0. The monoisotopic (exact) mass is 284 g/mol. The van der Waals surface area contributed by atoms with E-state index < -0.39 is 0 Å². The summed E-state index contributed by atoms with van der Waals surface area (Å²) in [7, 11) is 0. The van der Waals surface area contributed by atoms with Crippen LogP contribution >= 0.6 is 0 Å². The zero-order valence-electron chi connectivity index (χ0n) is 13.7. The largest absolute Gasteiger partial charge is 0.465 e. The van der Waals surface area contributed by atoms with Crippen LogP contribution in [0.25, 0.3) is 0 Å². The molecule has 0 amide bonds. The van der Waals surface area contributed by atoms with Crippen LogP contribution in [0.1, 0.15) is 53.4 Å². The Kier molecular flexibility index (Phi) is 8.15. The molecule has 118 valence electrons. The summed E-state index contributed by atoms with van der Waals surface area (Å²) in [5, 5.41) is 3.32. The van der Waals surface area contributed by atoms with Crippen LogP contribution in [0.15, 0.2) is 0 Å². The maximum absolute atomic E-state index is 12.0. The molecular formula is C16H32N2O2. The Morgan fingerprint density at radius 3 is 2.55 bits per heavy atom. The van der Waals surface area contributed by atoms with E-state index >= 15 is 0 Å². The molecule has 1 unspecified atom stereocenters. The molecule has 0 spiro atoms. The second-order valence-electron chi connectivity index (χ2n) is 6.08. The molecule has 1 aliphatic rings. The van der Waals surface area contributed by atoms with Crippen LogP contribution < -0.4 is 5.32 Å². The normalized spacial score (nSPS) is 16.7. The maximum atomic E-state index is 12.0. The number of rotatable bonds is 11. The van der Waals surface area contributed by atoms with Crippen LogP contribution in [0.2, 0.25) is 0 Å². The maximum Gasteiger partial charge on any atom is 0.323 e. The van der Waals surface area contributed by atoms with E-state index in [1.54, 1.807) is 0 Å². The fourth-order valence-corrected chi connectivity index (χ4v) is 2.35. The lowest BCUT2D eigenvalue weighted by atomic mass is 10.1. The minimum absolute atomic E-state index is 0.101. The fourth-order valence-electron chi connectivity index (χ4n) is 2.35. The SMILES string of the molecule is CCCNC(CCN(CC1CC1)C(C)C)C(=O)OCC. The van der Waals surface area contributed by atoms with Crippen molar-refractivity contribution in [1.29, 1.82) is 0 Å². The Balaban J connectivity index is 2.42. The van der Waals surface area contributed by atoms with Crippen molar-refractivity contribution < 1.29 is 9.53 Å². The fraction of sp³-hybridized carbons (Fsp3) is 0.938. The second kappa shape index (κ2) is 9.35. The number of esters is 1. The van der Waals surface area contributed by atoms with Crippen LogP contribution in [0.5, 0.6) is 0 Å². The molecule has 0 heterocycles. The molecule has 0 aromatic carbocycles. The molecule has 0 aromatic heterocycles. The highest BCUT2D eigenvalue weighted by molar-refractivity contribution is 5.75. The van der Waals surface area contributed by atoms with E-state index in [4.69, 9.17) is 4.74 Å². The van der Waals surface area contributed by atoms with E-state index in [-0.39, 0.29) is 12.0 Å². The third-order valence-electron chi connectivity index (χ3n) is 3.84. The van der Waals surface area contributed by atoms with Crippen LogP contribution in [0, 0.1) is 5.92 Å². The molecule has 1 fully saturated rings. The minimum Gasteiger partial charge on any atom is -0.465 e. The molecule has 0 aromatic rings. The number of nitrogens with one attached hydrogen (secondary N) is 1. The Morgan fingerprint density at radius 2 is 2.05 bits per heavy atom. The standard InChI is InChI=1S/C16H32N2O2/c1-5-10-17-15(16(19)20-6-2)9-11-18(13(3)4)12-14-7-8-14/h13-15,17H,5-12H2,1-4H3. The topological polar surface area (TPSA) is 41.6 Å². The van der Waals surface area contributed by atoms with Gasteiger partial charge in [-0.2, -0.15) is 0 Å². The van der Waals surface area contributed by atoms with E-state index in [1.165, 1.54) is 19.4 Å². The highest BCUT2D eigenvalue weighted by atomic mass is 16.5. The van der Waals surface area contributed by atoms with Gasteiger partial charge in [0.1, 0.15) is 6.04 Å². The molecule has 0 saturated heterocycles. The van der Waals surface area contributed by atoms with Crippen molar-refractivity contribution in [2.24, 2.45) is 5.92 Å². The summed E-state index contributed by atoms with van der Waals surface area (Å²) in [4.78, 5) is 14.5. The molecular weight excluding hydrogens is 252 g/mol. The zero-order valence-corrected chi connectivity index (χ0v) is 13.7. The highest BCUT2D eigenvalue weighted by Crippen LogP contribution is 2.30. The summed E-state index contributed by atoms with van der Waals surface area (Å²) in [6.07, 6.45) is 4.62. The summed E-state index contributed by atoms with van der Waals surface area (Å²) in [5.74, 6) is 0.790. The quantitative estimate of drug-likeness (QED) is 0.592. The molecule has 4 nitrogen and oxygen atoms in total. The number of nitrogens with zero attached hydrogens (tertiary/aromatic N) is 1. The third-order valence-corrected chi connectivity index (χ3v) is 3.84. The summed E-state index contributed by atoms with van der Waals surface area (Å²) in [5.41, 5.74) is 0. The summed E-state index contributed by atoms with van der Waals surface area (Å²) in [6, 6.07) is 0.389. The van der Waals surface area contributed by atoms with Crippen molar-refractivity contribution >= 4 is 5.97 Å². The number of hydrogen-bond acceptors (Lipinski definition) is 4. The lowest BCUT2D eigenvalue weighted by Crippen LogP contribution is -2.43. The molecule has 1 rings (SSSR count). The van der Waals surface area contributed by atoms with Crippen molar-refractivity contribution in [3.63, 3.8) is 0 Å². The van der Waals surface area contributed by atoms with Gasteiger partial charge >= 0.3 is 5.97 Å². The Hall–Kier alpha value is -0.610. The van der Waals surface area contributed by atoms with Gasteiger partial charge in [0.15, 0.2) is 0 Å². The third kappa shape index (κ3) is 6.71. The van der Waals surface area contributed by atoms with Crippen molar-refractivity contribution in [1.82, 2.24) is 10.2 Å². The van der Waals surface area contributed by atoms with Gasteiger partial charge in [0.25, 0.3) is 0 Å². The smallest absolute Gasteiger partial charge is 0.323 e. The summed E-state index contributed by atoms with van der Waals surface area (Å²) >= 11 is 0. The van der Waals surface area contributed by atoms with E-state index in [9.17, 15) is 4.79 Å². The molecule has 1 atom stereocenters. The highest BCUT2D eigenvalue weighted by Gasteiger charge is 2.27. The van der Waals surface area contributed by atoms with Crippen LogP contribution in [-0.2, 0) is 9.53 Å². The first kappa shape index (κ1) is 17.4. The van der Waals surface area contributed by atoms with Gasteiger partial charge in [-0.15, -0.1) is 0 Å². The van der Waals surface area contributed by atoms with Gasteiger partial charge < -0.3 is 15.0 Å². The molecule has 0 radical (unpaired) electrons. The lowest BCUT2D eigenvalue weighted by molar-refractivity contribution is -0.146. The number of carbonyl (C=O) groups excluding carboxylic acids is 1. The van der Waals surface area contributed by atoms with Gasteiger partial charge in [-0.3, -0.25) is 4.79 Å². The molecule has 20 heavy (non-hydrogen) atoms. The molecule has 4 heteroatoms. The second-order valence-corrected chi connectivity index (χ2v) is 6.08. The first-order chi connectivity index (χ1) is 9.58. The average molecular weight is 284 g/mol. The van der Waals surface area contributed by atoms with Crippen LogP contribution in [-0.4, -0.2) is 49.2 Å². The molecule has 1 aliphatic carbocycles. The van der Waals surface area contributed by atoms with E-state index in [0.717, 1.165) is 31.8 Å². The first-order valence-corrected chi connectivity index (χ1v) is 8.22. The van der Waals surface area contributed by atoms with Crippen molar-refractivity contribution in [3.8, 4) is 0 Å². The minimum atomic E-state index is -0.157. The Labute approximate surface area is 124 Å². The van der Waals surface area contributed by atoms with Gasteiger partial charge in [0, 0.05) is 19.1 Å². The molecule has 0 bridgehead atoms.